The summed E-state index contributed by atoms with van der Waals surface area (Å²) in [6.07, 6.45) is 3.78. The lowest BCUT2D eigenvalue weighted by atomic mass is 9.79. The van der Waals surface area contributed by atoms with Gasteiger partial charge in [-0.1, -0.05) is 168 Å². The largest absolute Gasteiger partial charge is 0.507 e. The molecule has 6 aromatic rings. The van der Waals surface area contributed by atoms with Crippen molar-refractivity contribution < 1.29 is 29.2 Å². The normalized spacial score (nSPS) is 15.8. The quantitative estimate of drug-likeness (QED) is 0.119. The van der Waals surface area contributed by atoms with Crippen LogP contribution in [0.1, 0.15) is 174 Å². The fourth-order valence-corrected chi connectivity index (χ4v) is 10.1. The van der Waals surface area contributed by atoms with Crippen LogP contribution in [0.3, 0.4) is 0 Å². The van der Waals surface area contributed by atoms with Crippen LogP contribution in [0.2, 0.25) is 0 Å². The van der Waals surface area contributed by atoms with Gasteiger partial charge in [-0.3, -0.25) is 0 Å². The molecule has 0 atom stereocenters. The summed E-state index contributed by atoms with van der Waals surface area (Å²) in [6.45, 7) is 31.3. The minimum atomic E-state index is -0.220. The van der Waals surface area contributed by atoms with Crippen molar-refractivity contribution >= 4 is 0 Å². The van der Waals surface area contributed by atoms with E-state index < -0.39 is 0 Å². The van der Waals surface area contributed by atoms with Crippen LogP contribution in [0.4, 0.5) is 0 Å². The molecule has 2 heterocycles. The number of fused-ring (bicyclic) bond motifs is 13. The number of aromatic hydroxyl groups is 2. The molecule has 9 rings (SSSR count). The second-order valence-corrected chi connectivity index (χ2v) is 24.9. The lowest BCUT2D eigenvalue weighted by molar-refractivity contribution is 0.213. The van der Waals surface area contributed by atoms with Crippen molar-refractivity contribution in [1.29, 1.82) is 0 Å². The summed E-state index contributed by atoms with van der Waals surface area (Å²) in [7, 11) is 0. The number of para-hydroxylation sites is 2. The molecule has 10 bridgehead atoms. The average molecular weight is 1000 g/mol. The van der Waals surface area contributed by atoms with Crippen molar-refractivity contribution in [3.05, 3.63) is 175 Å². The zero-order chi connectivity index (χ0) is 53.0. The van der Waals surface area contributed by atoms with Gasteiger partial charge in [-0.15, -0.1) is 0 Å². The smallest absolute Gasteiger partial charge is 0.126 e. The van der Waals surface area contributed by atoms with Crippen LogP contribution in [0.5, 0.6) is 34.5 Å². The Hall–Kier alpha value is -5.96. The first-order chi connectivity index (χ1) is 35.0. The number of phenols is 2. The van der Waals surface area contributed by atoms with Gasteiger partial charge in [0.2, 0.25) is 0 Å². The van der Waals surface area contributed by atoms with Gasteiger partial charge in [0.05, 0.1) is 0 Å². The minimum absolute atomic E-state index is 0.212. The Morgan fingerprint density at radius 2 is 0.622 bits per heavy atom. The van der Waals surface area contributed by atoms with E-state index in [9.17, 15) is 10.2 Å². The Morgan fingerprint density at radius 1 is 0.351 bits per heavy atom. The summed E-state index contributed by atoms with van der Waals surface area (Å²) in [5, 5.41) is 32.9. The summed E-state index contributed by atoms with van der Waals surface area (Å²) in [6, 6.07) is 34.3. The van der Waals surface area contributed by atoms with Crippen LogP contribution in [0.25, 0.3) is 0 Å². The molecule has 0 aromatic heterocycles. The maximum atomic E-state index is 12.8. The van der Waals surface area contributed by atoms with Gasteiger partial charge in [0.25, 0.3) is 0 Å². The Balaban J connectivity index is 1.35. The zero-order valence-corrected chi connectivity index (χ0v) is 46.7. The van der Waals surface area contributed by atoms with E-state index in [4.69, 9.17) is 18.9 Å². The van der Waals surface area contributed by atoms with Crippen LogP contribution >= 0.6 is 0 Å². The predicted molar refractivity (Wildman–Crippen MR) is 303 cm³/mol. The number of hydrogen-bond donors (Lipinski definition) is 4. The highest BCUT2D eigenvalue weighted by Gasteiger charge is 2.29. The molecule has 2 aliphatic heterocycles. The number of nitrogens with one attached hydrogen (secondary N) is 2. The van der Waals surface area contributed by atoms with Gasteiger partial charge in [0.1, 0.15) is 60.9 Å². The lowest BCUT2D eigenvalue weighted by Crippen LogP contribution is -2.20. The molecule has 1 aliphatic carbocycles. The fraction of sp³-hybridized carbons (Fsp3) is 0.455. The van der Waals surface area contributed by atoms with Gasteiger partial charge in [0, 0.05) is 49.9 Å². The molecule has 0 unspecified atom stereocenters. The number of ether oxygens (including phenoxy) is 4. The predicted octanol–water partition coefficient (Wildman–Crippen LogP) is 13.9. The first-order valence-corrected chi connectivity index (χ1v) is 27.1. The van der Waals surface area contributed by atoms with Crippen LogP contribution in [-0.2, 0) is 60.4 Å². The molecule has 0 fully saturated rings. The van der Waals surface area contributed by atoms with Crippen molar-refractivity contribution in [3.63, 3.8) is 0 Å². The van der Waals surface area contributed by atoms with Gasteiger partial charge in [-0.05, 0) is 126 Å². The Labute approximate surface area is 443 Å². The highest BCUT2D eigenvalue weighted by Crippen LogP contribution is 2.44. The molecular formula is C66H84N2O6. The Bertz CT molecular complexity index is 2630. The third kappa shape index (κ3) is 13.3. The molecule has 0 spiro atoms. The van der Waals surface area contributed by atoms with Gasteiger partial charge >= 0.3 is 0 Å². The third-order valence-electron chi connectivity index (χ3n) is 14.7. The van der Waals surface area contributed by atoms with E-state index >= 15 is 0 Å². The van der Waals surface area contributed by atoms with Crippen molar-refractivity contribution in [2.75, 3.05) is 39.5 Å². The van der Waals surface area contributed by atoms with E-state index in [0.717, 1.165) is 127 Å². The topological polar surface area (TPSA) is 101 Å². The van der Waals surface area contributed by atoms with E-state index in [-0.39, 0.29) is 33.2 Å². The van der Waals surface area contributed by atoms with Crippen LogP contribution in [0, 0.1) is 0 Å². The Morgan fingerprint density at radius 3 is 0.919 bits per heavy atom. The van der Waals surface area contributed by atoms with Gasteiger partial charge in [-0.2, -0.15) is 0 Å². The number of hydrogen-bond acceptors (Lipinski definition) is 8. The minimum Gasteiger partial charge on any atom is -0.507 e. The monoisotopic (exact) mass is 1000 g/mol. The highest BCUT2D eigenvalue weighted by molar-refractivity contribution is 5.59. The van der Waals surface area contributed by atoms with E-state index in [1.165, 1.54) is 0 Å². The molecule has 74 heavy (non-hydrogen) atoms. The molecule has 8 nitrogen and oxygen atoms in total. The van der Waals surface area contributed by atoms with Crippen LogP contribution < -0.4 is 29.6 Å². The summed E-state index contributed by atoms with van der Waals surface area (Å²) >= 11 is 0. The SMILES string of the molecule is CC(C)(C)c1cc2c(O)c(c1)Cc1cc(C(C)(C)C)cc3c1OCCOc1ccccc1CNCCCCNCc1ccccc1OCCOc1c(cc(C(C)(C)C)cc1Cc1cc(C(C)(C)C)cc(c1O)C3)C2. The van der Waals surface area contributed by atoms with E-state index in [1.54, 1.807) is 0 Å². The maximum Gasteiger partial charge on any atom is 0.126 e. The van der Waals surface area contributed by atoms with Crippen molar-refractivity contribution in [3.8, 4) is 34.5 Å². The zero-order valence-electron chi connectivity index (χ0n) is 46.7. The van der Waals surface area contributed by atoms with Crippen molar-refractivity contribution in [2.24, 2.45) is 0 Å². The summed E-state index contributed by atoms with van der Waals surface area (Å²) in [4.78, 5) is 0. The van der Waals surface area contributed by atoms with Crippen molar-refractivity contribution in [2.45, 2.75) is 156 Å². The molecule has 6 aromatic carbocycles. The average Bonchev–Trinajstić information content (AvgIpc) is 3.32. The van der Waals surface area contributed by atoms with E-state index in [0.29, 0.717) is 65.2 Å². The molecule has 0 saturated carbocycles. The van der Waals surface area contributed by atoms with E-state index in [1.807, 2.05) is 24.3 Å². The van der Waals surface area contributed by atoms with Gasteiger partial charge in [-0.25, -0.2) is 0 Å². The molecule has 394 valence electrons. The number of benzene rings is 6. The molecule has 0 radical (unpaired) electrons. The summed E-state index contributed by atoms with van der Waals surface area (Å²) in [5.74, 6) is 3.73. The van der Waals surface area contributed by atoms with Crippen molar-refractivity contribution in [1.82, 2.24) is 10.6 Å². The molecule has 0 amide bonds. The third-order valence-corrected chi connectivity index (χ3v) is 14.7. The van der Waals surface area contributed by atoms with E-state index in [2.05, 4.69) is 167 Å². The maximum absolute atomic E-state index is 12.8. The second-order valence-electron chi connectivity index (χ2n) is 24.9. The molecule has 3 aliphatic rings. The number of phenolic OH excluding ortho intramolecular Hbond substituents is 2. The molecular weight excluding hydrogens is 917 g/mol. The van der Waals surface area contributed by atoms with Gasteiger partial charge < -0.3 is 39.8 Å². The molecule has 0 saturated heterocycles. The summed E-state index contributed by atoms with van der Waals surface area (Å²) in [5.41, 5.74) is 13.2. The van der Waals surface area contributed by atoms with Crippen LogP contribution in [-0.4, -0.2) is 49.7 Å². The first-order valence-electron chi connectivity index (χ1n) is 27.1. The number of rotatable bonds is 0. The fourth-order valence-electron chi connectivity index (χ4n) is 10.1. The van der Waals surface area contributed by atoms with Crippen LogP contribution in [0.15, 0.2) is 97.1 Å². The second kappa shape index (κ2) is 22.5. The highest BCUT2D eigenvalue weighted by atomic mass is 16.5. The summed E-state index contributed by atoms with van der Waals surface area (Å²) < 4.78 is 27.2. The Kier molecular flexibility index (Phi) is 16.5. The standard InChI is InChI=1S/C66H84N2O6/c1-63(2,3)53-33-45-29-49-37-55(65(7,8)9)39-51-31-47-35-54(64(4,5)6)36-48(60(47)70)32-52-40-56(66(10,11)12)38-50(30-46(34-53)59(45)69)62(52)74-28-26-72-58-22-16-14-20-44(58)42-68-24-18-17-23-67-41-43-19-13-15-21-57(43)71-25-27-73-61(49)51/h13-16,19-22,33-40,67-70H,17-18,23-32,41-42H2,1-12H3. The van der Waals surface area contributed by atoms with Gasteiger partial charge in [0.15, 0.2) is 0 Å². The first kappa shape index (κ1) is 54.3. The lowest BCUT2D eigenvalue weighted by Gasteiger charge is -2.28. The molecule has 8 heteroatoms. The molecule has 4 N–H and O–H groups in total.